The van der Waals surface area contributed by atoms with Gasteiger partial charge in [0.25, 0.3) is 0 Å². The molecule has 0 saturated heterocycles. The molecule has 1 heteroatoms. The molecule has 66 valence electrons. The van der Waals surface area contributed by atoms with Crippen LogP contribution in [-0.2, 0) is 0 Å². The number of nitrogens with zero attached hydrogens (tertiary/aromatic N) is 1. The molecule has 0 heterocycles. The molecule has 0 aliphatic rings. The monoisotopic (exact) mass is 155 g/mol. The summed E-state index contributed by atoms with van der Waals surface area (Å²) in [6, 6.07) is 0. The van der Waals surface area contributed by atoms with E-state index in [4.69, 9.17) is 0 Å². The van der Waals surface area contributed by atoms with Crippen molar-refractivity contribution >= 4 is 0 Å². The van der Waals surface area contributed by atoms with Crippen LogP contribution in [0.2, 0.25) is 0 Å². The van der Waals surface area contributed by atoms with Crippen LogP contribution < -0.4 is 0 Å². The molecule has 0 aromatic rings. The summed E-state index contributed by atoms with van der Waals surface area (Å²) in [4.78, 5) is 2.33. The zero-order valence-electron chi connectivity index (χ0n) is 8.19. The van der Waals surface area contributed by atoms with E-state index in [1.807, 2.05) is 0 Å². The molecular formula is C10H21N. The first-order valence-corrected chi connectivity index (χ1v) is 4.62. The molecule has 0 aromatic carbocycles. The summed E-state index contributed by atoms with van der Waals surface area (Å²) < 4.78 is 0. The van der Waals surface area contributed by atoms with Gasteiger partial charge in [-0.2, -0.15) is 0 Å². The van der Waals surface area contributed by atoms with Crippen LogP contribution in [0, 0.1) is 0 Å². The molecule has 0 rings (SSSR count). The minimum Gasteiger partial charge on any atom is -0.376 e. The number of rotatable bonds is 6. The highest BCUT2D eigenvalue weighted by molar-refractivity contribution is 4.87. The average molecular weight is 155 g/mol. The van der Waals surface area contributed by atoms with Gasteiger partial charge in [-0.15, -0.1) is 0 Å². The van der Waals surface area contributed by atoms with Gasteiger partial charge >= 0.3 is 0 Å². The van der Waals surface area contributed by atoms with Crippen molar-refractivity contribution in [3.05, 3.63) is 12.3 Å². The summed E-state index contributed by atoms with van der Waals surface area (Å²) in [5, 5.41) is 0. The van der Waals surface area contributed by atoms with Gasteiger partial charge in [0.05, 0.1) is 0 Å². The van der Waals surface area contributed by atoms with Gasteiger partial charge in [0.15, 0.2) is 0 Å². The predicted octanol–water partition coefficient (Wildman–Crippen LogP) is 3.03. The SMILES string of the molecule is C=C(C)N(CC)CCCCC. The minimum absolute atomic E-state index is 1.10. The van der Waals surface area contributed by atoms with Gasteiger partial charge in [0.1, 0.15) is 0 Å². The Kier molecular flexibility index (Phi) is 6.00. The highest BCUT2D eigenvalue weighted by Gasteiger charge is 1.98. The smallest absolute Gasteiger partial charge is 0.0174 e. The third kappa shape index (κ3) is 4.88. The van der Waals surface area contributed by atoms with Crippen LogP contribution in [0.15, 0.2) is 12.3 Å². The Bertz CT molecular complexity index is 107. The number of hydrogen-bond donors (Lipinski definition) is 0. The van der Waals surface area contributed by atoms with Crippen molar-refractivity contribution in [3.8, 4) is 0 Å². The summed E-state index contributed by atoms with van der Waals surface area (Å²) in [6.45, 7) is 12.7. The molecular weight excluding hydrogens is 134 g/mol. The van der Waals surface area contributed by atoms with Crippen molar-refractivity contribution in [3.63, 3.8) is 0 Å². The van der Waals surface area contributed by atoms with Gasteiger partial charge in [0, 0.05) is 18.8 Å². The maximum absolute atomic E-state index is 3.93. The van der Waals surface area contributed by atoms with E-state index >= 15 is 0 Å². The first-order valence-electron chi connectivity index (χ1n) is 4.62. The van der Waals surface area contributed by atoms with Gasteiger partial charge < -0.3 is 4.90 Å². The summed E-state index contributed by atoms with van der Waals surface area (Å²) in [7, 11) is 0. The molecule has 1 nitrogen and oxygen atoms in total. The van der Waals surface area contributed by atoms with E-state index in [0.29, 0.717) is 0 Å². The van der Waals surface area contributed by atoms with Gasteiger partial charge in [-0.3, -0.25) is 0 Å². The lowest BCUT2D eigenvalue weighted by molar-refractivity contribution is 0.354. The summed E-state index contributed by atoms with van der Waals surface area (Å²) in [5.74, 6) is 0. The Morgan fingerprint density at radius 1 is 1.27 bits per heavy atom. The zero-order valence-corrected chi connectivity index (χ0v) is 8.19. The summed E-state index contributed by atoms with van der Waals surface area (Å²) in [6.07, 6.45) is 3.94. The lowest BCUT2D eigenvalue weighted by atomic mass is 10.2. The van der Waals surface area contributed by atoms with E-state index in [-0.39, 0.29) is 0 Å². The molecule has 0 saturated carbocycles. The summed E-state index contributed by atoms with van der Waals surface area (Å²) in [5.41, 5.74) is 1.20. The standard InChI is InChI=1S/C10H21N/c1-5-7-8-9-11(6-2)10(3)4/h3,5-9H2,1-2,4H3. The van der Waals surface area contributed by atoms with Gasteiger partial charge in [0.2, 0.25) is 0 Å². The maximum atomic E-state index is 3.93. The normalized spacial score (nSPS) is 9.73. The van der Waals surface area contributed by atoms with E-state index < -0.39 is 0 Å². The van der Waals surface area contributed by atoms with Crippen molar-refractivity contribution in [2.75, 3.05) is 13.1 Å². The van der Waals surface area contributed by atoms with Crippen LogP contribution in [0.3, 0.4) is 0 Å². The Labute approximate surface area is 71.1 Å². The largest absolute Gasteiger partial charge is 0.376 e. The van der Waals surface area contributed by atoms with E-state index in [1.165, 1.54) is 31.5 Å². The third-order valence-electron chi connectivity index (χ3n) is 1.95. The van der Waals surface area contributed by atoms with Crippen molar-refractivity contribution in [1.29, 1.82) is 0 Å². The summed E-state index contributed by atoms with van der Waals surface area (Å²) >= 11 is 0. The van der Waals surface area contributed by atoms with E-state index in [9.17, 15) is 0 Å². The van der Waals surface area contributed by atoms with Crippen LogP contribution >= 0.6 is 0 Å². The zero-order chi connectivity index (χ0) is 8.69. The molecule has 0 aromatic heterocycles. The second-order valence-electron chi connectivity index (χ2n) is 3.02. The first-order chi connectivity index (χ1) is 5.22. The van der Waals surface area contributed by atoms with Crippen molar-refractivity contribution < 1.29 is 0 Å². The number of unbranched alkanes of at least 4 members (excludes halogenated alkanes) is 2. The topological polar surface area (TPSA) is 3.24 Å². The highest BCUT2D eigenvalue weighted by Crippen LogP contribution is 2.03. The van der Waals surface area contributed by atoms with Crippen LogP contribution in [0.25, 0.3) is 0 Å². The lowest BCUT2D eigenvalue weighted by Gasteiger charge is -2.22. The maximum Gasteiger partial charge on any atom is 0.0174 e. The van der Waals surface area contributed by atoms with Gasteiger partial charge in [-0.05, 0) is 20.3 Å². The molecule has 0 atom stereocenters. The quantitative estimate of drug-likeness (QED) is 0.533. The third-order valence-corrected chi connectivity index (χ3v) is 1.95. The van der Waals surface area contributed by atoms with Crippen molar-refractivity contribution in [2.45, 2.75) is 40.0 Å². The minimum atomic E-state index is 1.10. The van der Waals surface area contributed by atoms with Crippen molar-refractivity contribution in [1.82, 2.24) is 4.90 Å². The Balaban J connectivity index is 3.44. The van der Waals surface area contributed by atoms with Crippen LogP contribution in [0.1, 0.15) is 40.0 Å². The van der Waals surface area contributed by atoms with Crippen LogP contribution in [-0.4, -0.2) is 18.0 Å². The van der Waals surface area contributed by atoms with Gasteiger partial charge in [-0.25, -0.2) is 0 Å². The van der Waals surface area contributed by atoms with E-state index in [2.05, 4.69) is 32.3 Å². The van der Waals surface area contributed by atoms with Crippen molar-refractivity contribution in [2.24, 2.45) is 0 Å². The van der Waals surface area contributed by atoms with E-state index in [0.717, 1.165) is 6.54 Å². The average Bonchev–Trinajstić information content (AvgIpc) is 1.97. The highest BCUT2D eigenvalue weighted by atomic mass is 15.1. The van der Waals surface area contributed by atoms with Crippen LogP contribution in [0.4, 0.5) is 0 Å². The number of hydrogen-bond acceptors (Lipinski definition) is 1. The first kappa shape index (κ1) is 10.5. The second-order valence-corrected chi connectivity index (χ2v) is 3.02. The molecule has 0 amide bonds. The van der Waals surface area contributed by atoms with Crippen LogP contribution in [0.5, 0.6) is 0 Å². The lowest BCUT2D eigenvalue weighted by Crippen LogP contribution is -2.21. The fourth-order valence-electron chi connectivity index (χ4n) is 1.17. The van der Waals surface area contributed by atoms with E-state index in [1.54, 1.807) is 0 Å². The molecule has 0 unspecified atom stereocenters. The second kappa shape index (κ2) is 6.26. The Hall–Kier alpha value is -0.460. The Morgan fingerprint density at radius 2 is 1.91 bits per heavy atom. The fourth-order valence-corrected chi connectivity index (χ4v) is 1.17. The molecule has 11 heavy (non-hydrogen) atoms. The molecule has 0 bridgehead atoms. The molecule has 0 N–H and O–H groups in total. The molecule has 0 spiro atoms. The molecule has 0 aliphatic heterocycles. The predicted molar refractivity (Wildman–Crippen MR) is 51.6 cm³/mol. The Morgan fingerprint density at radius 3 is 2.27 bits per heavy atom. The molecule has 0 fully saturated rings. The number of allylic oxidation sites excluding steroid dienone is 1. The molecule has 0 radical (unpaired) electrons. The fraction of sp³-hybridized carbons (Fsp3) is 0.800. The van der Waals surface area contributed by atoms with Gasteiger partial charge in [-0.1, -0.05) is 26.3 Å². The molecule has 0 aliphatic carbocycles.